The normalized spacial score (nSPS) is 13.9. The monoisotopic (exact) mass is 1310 g/mol. The smallest absolute Gasteiger partial charge is 0.252 e. The predicted molar refractivity (Wildman–Crippen MR) is 427 cm³/mol. The first-order valence-electron chi connectivity index (χ1n) is 36.2. The molecule has 0 aliphatic carbocycles. The van der Waals surface area contributed by atoms with E-state index >= 15 is 0 Å². The van der Waals surface area contributed by atoms with E-state index in [9.17, 15) is 0 Å². The van der Waals surface area contributed by atoms with Gasteiger partial charge in [-0.05, 0) is 144 Å². The highest BCUT2D eigenvalue weighted by molar-refractivity contribution is 7.00. The fourth-order valence-electron chi connectivity index (χ4n) is 14.1. The second-order valence-corrected chi connectivity index (χ2v) is 37.9. The Morgan fingerprint density at radius 1 is 0.242 bits per heavy atom. The van der Waals surface area contributed by atoms with Gasteiger partial charge in [0, 0.05) is 112 Å². The number of hydrogen-bond donors (Lipinski definition) is 0. The van der Waals surface area contributed by atoms with Crippen LogP contribution in [-0.4, -0.2) is 26.6 Å². The second kappa shape index (κ2) is 24.2. The first-order valence-corrected chi connectivity index (χ1v) is 36.2. The number of aromatic nitrogens is 4. The molecule has 2 aliphatic heterocycles. The summed E-state index contributed by atoms with van der Waals surface area (Å²) in [6, 6.07) is 65.9. The van der Waals surface area contributed by atoms with Crippen molar-refractivity contribution in [2.45, 2.75) is 236 Å². The molecule has 99 heavy (non-hydrogen) atoms. The molecule has 7 heteroatoms. The van der Waals surface area contributed by atoms with Crippen LogP contribution in [0.3, 0.4) is 0 Å². The van der Waals surface area contributed by atoms with Crippen molar-refractivity contribution in [2.75, 3.05) is 9.80 Å². The van der Waals surface area contributed by atoms with Gasteiger partial charge in [0.25, 0.3) is 6.71 Å². The average molecular weight is 1310 g/mol. The van der Waals surface area contributed by atoms with Crippen LogP contribution in [0.15, 0.2) is 170 Å². The Kier molecular flexibility index (Phi) is 17.2. The third kappa shape index (κ3) is 13.5. The van der Waals surface area contributed by atoms with Crippen LogP contribution >= 0.6 is 0 Å². The summed E-state index contributed by atoms with van der Waals surface area (Å²) in [5.74, 6) is 0. The molecule has 6 nitrogen and oxygen atoms in total. The minimum atomic E-state index is -0.243. The highest BCUT2D eigenvalue weighted by Gasteiger charge is 2.46. The van der Waals surface area contributed by atoms with Crippen LogP contribution in [0.5, 0.6) is 0 Å². The second-order valence-electron chi connectivity index (χ2n) is 37.9. The van der Waals surface area contributed by atoms with Gasteiger partial charge >= 0.3 is 0 Å². The zero-order valence-corrected chi connectivity index (χ0v) is 64.9. The van der Waals surface area contributed by atoms with Crippen molar-refractivity contribution in [1.29, 1.82) is 0 Å². The number of benzene rings is 6. The minimum Gasteiger partial charge on any atom is -0.310 e. The van der Waals surface area contributed by atoms with E-state index in [1.165, 1.54) is 44.2 Å². The third-order valence-corrected chi connectivity index (χ3v) is 20.3. The maximum atomic E-state index is 5.65. The van der Waals surface area contributed by atoms with Crippen LogP contribution in [0.25, 0.3) is 55.9 Å². The molecule has 10 aromatic rings. The number of nitrogens with zero attached hydrogens (tertiary/aromatic N) is 6. The first kappa shape index (κ1) is 70.4. The van der Waals surface area contributed by atoms with Crippen LogP contribution in [0.1, 0.15) is 238 Å². The van der Waals surface area contributed by atoms with Gasteiger partial charge in [-0.1, -0.05) is 284 Å². The van der Waals surface area contributed by atoms with Gasteiger partial charge < -0.3 is 9.80 Å². The number of rotatable bonds is 7. The Labute approximate surface area is 595 Å². The van der Waals surface area contributed by atoms with Crippen LogP contribution in [0.4, 0.5) is 34.1 Å². The largest absolute Gasteiger partial charge is 0.310 e. The molecule has 4 aromatic heterocycles. The van der Waals surface area contributed by atoms with Crippen LogP contribution < -0.4 is 26.2 Å². The number of anilines is 6. The molecule has 0 saturated heterocycles. The molecule has 0 bridgehead atoms. The van der Waals surface area contributed by atoms with Crippen molar-refractivity contribution >= 4 is 57.2 Å². The molecule has 12 rings (SSSR count). The van der Waals surface area contributed by atoms with Gasteiger partial charge in [0.2, 0.25) is 0 Å². The van der Waals surface area contributed by atoms with Crippen LogP contribution in [0.2, 0.25) is 0 Å². The highest BCUT2D eigenvalue weighted by atomic mass is 15.2. The van der Waals surface area contributed by atoms with Gasteiger partial charge in [0.05, 0.1) is 22.8 Å². The molecular formula is C92H109BN6. The summed E-state index contributed by atoms with van der Waals surface area (Å²) in [7, 11) is 0. The Hall–Kier alpha value is -8.42. The van der Waals surface area contributed by atoms with Gasteiger partial charge in [0.15, 0.2) is 0 Å². The zero-order valence-electron chi connectivity index (χ0n) is 64.9. The van der Waals surface area contributed by atoms with E-state index in [4.69, 9.17) is 19.9 Å². The van der Waals surface area contributed by atoms with E-state index in [1.807, 2.05) is 0 Å². The summed E-state index contributed by atoms with van der Waals surface area (Å²) in [5, 5.41) is 0. The number of hydrogen-bond acceptors (Lipinski definition) is 6. The van der Waals surface area contributed by atoms with Gasteiger partial charge in [-0.15, -0.1) is 0 Å². The molecule has 6 aromatic carbocycles. The Bertz CT molecular complexity index is 4540. The van der Waals surface area contributed by atoms with E-state index in [1.54, 1.807) is 0 Å². The molecule has 0 radical (unpaired) electrons. The summed E-state index contributed by atoms with van der Waals surface area (Å²) in [6.07, 6.45) is 0. The number of fused-ring (bicyclic) bond motifs is 4. The lowest BCUT2D eigenvalue weighted by molar-refractivity contribution is 0.531. The van der Waals surface area contributed by atoms with Gasteiger partial charge in [0.1, 0.15) is 0 Å². The average Bonchev–Trinajstić information content (AvgIpc) is 0.689. The summed E-state index contributed by atoms with van der Waals surface area (Å²) in [4.78, 5) is 27.7. The number of pyridine rings is 4. The fraction of sp³-hybridized carbons (Fsp3) is 0.391. The summed E-state index contributed by atoms with van der Waals surface area (Å²) < 4.78 is 0. The van der Waals surface area contributed by atoms with Crippen molar-refractivity contribution in [1.82, 2.24) is 19.9 Å². The van der Waals surface area contributed by atoms with E-state index < -0.39 is 0 Å². The van der Waals surface area contributed by atoms with Crippen molar-refractivity contribution in [2.24, 2.45) is 0 Å². The molecule has 0 atom stereocenters. The molecule has 6 heterocycles. The lowest BCUT2D eigenvalue weighted by Crippen LogP contribution is -2.61. The summed E-state index contributed by atoms with van der Waals surface area (Å²) >= 11 is 0. The van der Waals surface area contributed by atoms with E-state index in [-0.39, 0.29) is 55.4 Å². The van der Waals surface area contributed by atoms with Crippen molar-refractivity contribution in [3.8, 4) is 55.9 Å². The van der Waals surface area contributed by atoms with Gasteiger partial charge in [-0.3, -0.25) is 19.9 Å². The standard InChI is InChI=1S/C92H109BN6/c1-84(2,3)60-44-45-67-74(55-60)99(82-63(58-50-77(89(16,17)18)96-78(51-58)90(19,20)21)33-28-34-64(82)59-52-79(91(22,23)24)97-80(53-59)92(25,26)27)73-40-32-39-72-81(73)93(67)68-49-56(57-47-61(85(4,5)6)54-62(48-57)86(7,8)9)43-46-71(68)98(72)83-65(69-37-30-41-75(94-69)87(10,11)12)35-29-36-66(83)70-38-31-42-76(95-70)88(13,14)15/h28-55H,1-27H3. The minimum absolute atomic E-state index is 0.0882. The van der Waals surface area contributed by atoms with E-state index in [0.29, 0.717) is 0 Å². The zero-order chi connectivity index (χ0) is 72.0. The first-order chi connectivity index (χ1) is 45.8. The lowest BCUT2D eigenvalue weighted by atomic mass is 9.33. The van der Waals surface area contributed by atoms with Crippen molar-refractivity contribution in [3.05, 3.63) is 221 Å². The molecule has 0 fully saturated rings. The quantitative estimate of drug-likeness (QED) is 0.148. The predicted octanol–water partition coefficient (Wildman–Crippen LogP) is 23.4. The molecular weight excluding hydrogens is 1200 g/mol. The maximum absolute atomic E-state index is 5.65. The summed E-state index contributed by atoms with van der Waals surface area (Å²) in [5.41, 5.74) is 29.6. The Balaban J connectivity index is 1.29. The maximum Gasteiger partial charge on any atom is 0.252 e. The topological polar surface area (TPSA) is 58.0 Å². The molecule has 2 aliphatic rings. The van der Waals surface area contributed by atoms with Gasteiger partial charge in [-0.25, -0.2) is 0 Å². The molecule has 0 N–H and O–H groups in total. The SMILES string of the molecule is CC(C)(C)c1cc(-c2ccc3c(c2)B2c4ccc(C(C)(C)C)cc4N(c4c(-c5cc(C(C)(C)C)nc(C(C)(C)C)c5)cccc4-c4cc(C(C)(C)C)nc(C(C)(C)C)c4)c4cccc(c42)N3c2c(-c3cccc(C(C)(C)C)n3)cccc2-c2cccc(C(C)(C)C)n2)cc(C(C)(C)C)c1. The molecule has 510 valence electrons. The molecule has 0 amide bonds. The van der Waals surface area contributed by atoms with Crippen LogP contribution in [0, 0.1) is 0 Å². The Morgan fingerprint density at radius 3 is 1.02 bits per heavy atom. The number of para-hydroxylation sites is 2. The molecule has 0 unspecified atom stereocenters. The fourth-order valence-corrected chi connectivity index (χ4v) is 14.1. The summed E-state index contributed by atoms with van der Waals surface area (Å²) in [6.45, 7) is 62.1. The van der Waals surface area contributed by atoms with Crippen LogP contribution in [-0.2, 0) is 48.7 Å². The third-order valence-electron chi connectivity index (χ3n) is 20.3. The molecule has 0 spiro atoms. The lowest BCUT2D eigenvalue weighted by Gasteiger charge is -2.46. The van der Waals surface area contributed by atoms with E-state index in [0.717, 1.165) is 113 Å². The van der Waals surface area contributed by atoms with E-state index in [2.05, 4.69) is 367 Å². The Morgan fingerprint density at radius 2 is 0.616 bits per heavy atom. The van der Waals surface area contributed by atoms with Crippen molar-refractivity contribution < 1.29 is 0 Å². The van der Waals surface area contributed by atoms with Crippen molar-refractivity contribution in [3.63, 3.8) is 0 Å². The molecule has 0 saturated carbocycles. The highest BCUT2D eigenvalue weighted by Crippen LogP contribution is 2.54. The van der Waals surface area contributed by atoms with Gasteiger partial charge in [-0.2, -0.15) is 0 Å².